The van der Waals surface area contributed by atoms with Crippen LogP contribution < -0.4 is 18.9 Å². The lowest BCUT2D eigenvalue weighted by atomic mass is 10.1. The van der Waals surface area contributed by atoms with Crippen LogP contribution in [0.4, 0.5) is 0 Å². The number of amides is 1. The Labute approximate surface area is 251 Å². The van der Waals surface area contributed by atoms with E-state index >= 15 is 0 Å². The third-order valence-corrected chi connectivity index (χ3v) is 6.95. The molecule has 0 aliphatic carbocycles. The lowest BCUT2D eigenvalue weighted by Gasteiger charge is -2.13. The molecule has 0 radical (unpaired) electrons. The van der Waals surface area contributed by atoms with Gasteiger partial charge >= 0.3 is 0 Å². The van der Waals surface area contributed by atoms with Crippen LogP contribution in [0.3, 0.4) is 0 Å². The Kier molecular flexibility index (Phi) is 10.7. The van der Waals surface area contributed by atoms with E-state index in [2.05, 4.69) is 37.9 Å². The van der Waals surface area contributed by atoms with Gasteiger partial charge in [0.1, 0.15) is 5.76 Å². The van der Waals surface area contributed by atoms with Crippen molar-refractivity contribution in [1.82, 2.24) is 4.90 Å². The maximum absolute atomic E-state index is 13.5. The molecule has 0 saturated carbocycles. The number of ether oxygens (including phenoxy) is 4. The molecular weight excluding hydrogens is 554 g/mol. The highest BCUT2D eigenvalue weighted by atomic mass is 32.2. The first-order valence-electron chi connectivity index (χ1n) is 13.7. The fraction of sp³-hybridized carbons (Fsp3) is 0.344. The number of hydrogen-bond donors (Lipinski definition) is 0. The van der Waals surface area contributed by atoms with Gasteiger partial charge in [-0.3, -0.25) is 9.69 Å². The summed E-state index contributed by atoms with van der Waals surface area (Å²) in [7, 11) is 3.20. The Bertz CT molecular complexity index is 1450. The predicted octanol–water partition coefficient (Wildman–Crippen LogP) is 6.87. The minimum Gasteiger partial charge on any atom is -0.493 e. The van der Waals surface area contributed by atoms with Crippen molar-refractivity contribution in [3.8, 4) is 23.0 Å². The van der Waals surface area contributed by atoms with Crippen molar-refractivity contribution in [2.45, 2.75) is 34.2 Å². The minimum atomic E-state index is -0.197. The first-order valence-corrected chi connectivity index (χ1v) is 14.6. The molecule has 42 heavy (non-hydrogen) atoms. The van der Waals surface area contributed by atoms with Crippen molar-refractivity contribution in [3.63, 3.8) is 0 Å². The maximum atomic E-state index is 13.5. The van der Waals surface area contributed by atoms with E-state index < -0.39 is 0 Å². The number of nitrogens with zero attached hydrogens (tertiary/aromatic N) is 3. The zero-order valence-electron chi connectivity index (χ0n) is 24.8. The first kappa shape index (κ1) is 30.8. The van der Waals surface area contributed by atoms with Crippen LogP contribution in [0.2, 0.25) is 0 Å². The van der Waals surface area contributed by atoms with E-state index in [1.165, 1.54) is 11.8 Å². The highest BCUT2D eigenvalue weighted by Crippen LogP contribution is 2.36. The molecule has 0 atom stereocenters. The van der Waals surface area contributed by atoms with Crippen molar-refractivity contribution in [3.05, 3.63) is 76.6 Å². The number of methoxy groups -OCH3 is 2. The summed E-state index contributed by atoms with van der Waals surface area (Å²) in [6.07, 6.45) is 5.00. The molecule has 1 aliphatic rings. The van der Waals surface area contributed by atoms with Gasteiger partial charge in [0.15, 0.2) is 28.2 Å². The third-order valence-electron chi connectivity index (χ3n) is 5.95. The second kappa shape index (κ2) is 14.6. The highest BCUT2D eigenvalue weighted by Gasteiger charge is 2.34. The summed E-state index contributed by atoms with van der Waals surface area (Å²) in [5.74, 6) is 3.75. The largest absolute Gasteiger partial charge is 0.493 e. The topological polar surface area (TPSA) is 95.1 Å². The lowest BCUT2D eigenvalue weighted by molar-refractivity contribution is -0.122. The van der Waals surface area contributed by atoms with Gasteiger partial charge in [-0.2, -0.15) is 5.10 Å². The van der Waals surface area contributed by atoms with E-state index in [0.717, 1.165) is 11.1 Å². The van der Waals surface area contributed by atoms with Crippen LogP contribution in [0.15, 0.2) is 74.3 Å². The Morgan fingerprint density at radius 2 is 1.50 bits per heavy atom. The van der Waals surface area contributed by atoms with Crippen LogP contribution in [0.5, 0.6) is 23.0 Å². The Morgan fingerprint density at radius 1 is 0.881 bits per heavy atom. The molecule has 4 rings (SSSR count). The molecule has 222 valence electrons. The molecule has 1 amide bonds. The molecule has 1 aliphatic heterocycles. The Hall–Kier alpha value is -4.18. The third kappa shape index (κ3) is 8.19. The Balaban J connectivity index is 1.57. The van der Waals surface area contributed by atoms with E-state index in [1.54, 1.807) is 37.7 Å². The summed E-state index contributed by atoms with van der Waals surface area (Å²) in [6.45, 7) is 9.74. The number of carbonyl (C=O) groups excluding carboxylic acids is 1. The number of carbonyl (C=O) groups is 1. The zero-order valence-corrected chi connectivity index (χ0v) is 25.6. The summed E-state index contributed by atoms with van der Waals surface area (Å²) in [4.78, 5) is 15.5. The van der Waals surface area contributed by atoms with Crippen LogP contribution in [-0.4, -0.2) is 49.6 Å². The van der Waals surface area contributed by atoms with E-state index in [9.17, 15) is 4.79 Å². The van der Waals surface area contributed by atoms with Crippen molar-refractivity contribution < 1.29 is 28.2 Å². The van der Waals surface area contributed by atoms with Gasteiger partial charge in [0.05, 0.1) is 51.4 Å². The van der Waals surface area contributed by atoms with Crippen LogP contribution in [0, 0.1) is 11.8 Å². The van der Waals surface area contributed by atoms with Crippen molar-refractivity contribution in [2.75, 3.05) is 27.4 Å². The van der Waals surface area contributed by atoms with E-state index in [4.69, 9.17) is 23.4 Å². The van der Waals surface area contributed by atoms with E-state index in [-0.39, 0.29) is 12.5 Å². The summed E-state index contributed by atoms with van der Waals surface area (Å²) in [5.41, 5.74) is 1.58. The fourth-order valence-electron chi connectivity index (χ4n) is 3.87. The molecule has 2 heterocycles. The van der Waals surface area contributed by atoms with Gasteiger partial charge < -0.3 is 23.4 Å². The molecule has 9 nitrogen and oxygen atoms in total. The Morgan fingerprint density at radius 3 is 2.07 bits per heavy atom. The molecule has 0 unspecified atom stereocenters. The van der Waals surface area contributed by atoms with E-state index in [0.29, 0.717) is 63.9 Å². The number of benzene rings is 2. The van der Waals surface area contributed by atoms with E-state index in [1.807, 2.05) is 48.5 Å². The zero-order chi connectivity index (χ0) is 30.1. The average molecular weight is 592 g/mol. The number of amidine groups is 1. The molecule has 3 aromatic rings. The molecule has 2 aromatic carbocycles. The molecule has 0 N–H and O–H groups in total. The molecule has 10 heteroatoms. The summed E-state index contributed by atoms with van der Waals surface area (Å²) in [6, 6.07) is 14.8. The van der Waals surface area contributed by atoms with Gasteiger partial charge in [-0.25, -0.2) is 0 Å². The second-order valence-electron chi connectivity index (χ2n) is 10.4. The molecular formula is C32H37N3O6S. The fourth-order valence-corrected chi connectivity index (χ4v) is 4.80. The predicted molar refractivity (Wildman–Crippen MR) is 167 cm³/mol. The second-order valence-corrected chi connectivity index (χ2v) is 11.4. The first-order chi connectivity index (χ1) is 20.3. The lowest BCUT2D eigenvalue weighted by Crippen LogP contribution is -2.28. The van der Waals surface area contributed by atoms with Crippen molar-refractivity contribution in [1.29, 1.82) is 0 Å². The van der Waals surface area contributed by atoms with Crippen molar-refractivity contribution in [2.24, 2.45) is 22.0 Å². The van der Waals surface area contributed by atoms with Gasteiger partial charge in [0.2, 0.25) is 0 Å². The van der Waals surface area contributed by atoms with Crippen LogP contribution in [0.1, 0.15) is 44.6 Å². The van der Waals surface area contributed by atoms with Gasteiger partial charge in [0, 0.05) is 0 Å². The molecule has 1 saturated heterocycles. The molecule has 1 fully saturated rings. The van der Waals surface area contributed by atoms with Gasteiger partial charge in [-0.1, -0.05) is 33.8 Å². The van der Waals surface area contributed by atoms with Gasteiger partial charge in [-0.05, 0) is 83.3 Å². The highest BCUT2D eigenvalue weighted by molar-refractivity contribution is 8.18. The number of hydrogen-bond acceptors (Lipinski definition) is 9. The van der Waals surface area contributed by atoms with Crippen LogP contribution in [-0.2, 0) is 11.3 Å². The minimum absolute atomic E-state index is 0.197. The SMILES string of the molecule is COc1cc(/C=C2\S/C(=N\N=C\c3ccc(OCC(C)C)c(OC)c3)N(Cc3ccco3)C2=O)ccc1OCC(C)C. The molecule has 0 bridgehead atoms. The van der Waals surface area contributed by atoms with Gasteiger partial charge in [-0.15, -0.1) is 5.10 Å². The van der Waals surface area contributed by atoms with Crippen LogP contribution >= 0.6 is 11.8 Å². The normalized spacial score (nSPS) is 15.5. The van der Waals surface area contributed by atoms with Crippen LogP contribution in [0.25, 0.3) is 6.08 Å². The summed E-state index contributed by atoms with van der Waals surface area (Å²) >= 11 is 1.25. The summed E-state index contributed by atoms with van der Waals surface area (Å²) < 4.78 is 28.2. The van der Waals surface area contributed by atoms with Crippen molar-refractivity contribution >= 4 is 35.1 Å². The number of rotatable bonds is 13. The monoisotopic (exact) mass is 591 g/mol. The summed E-state index contributed by atoms with van der Waals surface area (Å²) in [5, 5.41) is 9.13. The molecule has 1 aromatic heterocycles. The standard InChI is InChI=1S/C32H37N3O6S/c1-21(2)19-40-26-11-9-23(14-28(26)37-5)16-30-31(36)35(18-25-8-7-13-39-25)32(42-30)34-33-17-24-10-12-27(29(15-24)38-6)41-20-22(3)4/h7-17,21-22H,18-20H2,1-6H3/b30-16-,33-17+,34-32-. The average Bonchev–Trinajstić information content (AvgIpc) is 3.59. The smallest absolute Gasteiger partial charge is 0.267 e. The number of thioether (sulfide) groups is 1. The number of furan rings is 1. The molecule has 0 spiro atoms. The quantitative estimate of drug-likeness (QED) is 0.122. The maximum Gasteiger partial charge on any atom is 0.267 e. The van der Waals surface area contributed by atoms with Gasteiger partial charge in [0.25, 0.3) is 5.91 Å².